The number of likely N-dealkylation sites (tertiary alicyclic amines) is 1. The third-order valence-corrected chi connectivity index (χ3v) is 5.42. The van der Waals surface area contributed by atoms with Gasteiger partial charge in [-0.25, -0.2) is 4.98 Å². The molecule has 0 aromatic carbocycles. The zero-order valence-corrected chi connectivity index (χ0v) is 15.2. The Bertz CT molecular complexity index is 549. The van der Waals surface area contributed by atoms with E-state index in [1.54, 1.807) is 0 Å². The molecule has 2 fully saturated rings. The third-order valence-electron chi connectivity index (χ3n) is 5.42. The van der Waals surface area contributed by atoms with E-state index < -0.39 is 0 Å². The van der Waals surface area contributed by atoms with Crippen LogP contribution in [0.1, 0.15) is 63.5 Å². The molecule has 3 rings (SSSR count). The number of nitrogens with zero attached hydrogens (tertiary/aromatic N) is 3. The third kappa shape index (κ3) is 4.15. The van der Waals surface area contributed by atoms with Crippen molar-refractivity contribution in [1.82, 2.24) is 25.4 Å². The van der Waals surface area contributed by atoms with Crippen LogP contribution in [0, 0.1) is 18.8 Å². The molecule has 1 aromatic heterocycles. The Morgan fingerprint density at radius 2 is 2.08 bits per heavy atom. The van der Waals surface area contributed by atoms with Crippen LogP contribution < -0.4 is 5.32 Å². The summed E-state index contributed by atoms with van der Waals surface area (Å²) in [6.07, 6.45) is 5.64. The van der Waals surface area contributed by atoms with Gasteiger partial charge in [0.25, 0.3) is 0 Å². The zero-order chi connectivity index (χ0) is 17.1. The molecular weight excluding hydrogens is 302 g/mol. The summed E-state index contributed by atoms with van der Waals surface area (Å²) in [5.74, 6) is 3.02. The van der Waals surface area contributed by atoms with E-state index in [1.807, 2.05) is 6.92 Å². The van der Waals surface area contributed by atoms with E-state index in [0.29, 0.717) is 5.92 Å². The van der Waals surface area contributed by atoms with E-state index in [1.165, 1.54) is 19.3 Å². The molecule has 2 aliphatic rings. The Labute approximate surface area is 144 Å². The van der Waals surface area contributed by atoms with E-state index in [0.717, 1.165) is 44.1 Å². The van der Waals surface area contributed by atoms with Crippen LogP contribution >= 0.6 is 0 Å². The SMILES string of the molecule is Cc1nc([C@@H]2CN(CCC(C)C)C[C@H]2NC(=O)C2CCCC2)n[nH]1. The number of aromatic nitrogens is 3. The fraction of sp³-hybridized carbons (Fsp3) is 0.833. The van der Waals surface area contributed by atoms with Crippen molar-refractivity contribution in [2.45, 2.75) is 64.8 Å². The zero-order valence-electron chi connectivity index (χ0n) is 15.2. The second-order valence-electron chi connectivity index (χ2n) is 7.92. The Morgan fingerprint density at radius 3 is 2.71 bits per heavy atom. The summed E-state index contributed by atoms with van der Waals surface area (Å²) in [5, 5.41) is 10.6. The molecule has 1 saturated carbocycles. The lowest BCUT2D eigenvalue weighted by Crippen LogP contribution is -2.42. The van der Waals surface area contributed by atoms with Gasteiger partial charge in [-0.3, -0.25) is 9.89 Å². The summed E-state index contributed by atoms with van der Waals surface area (Å²) in [5.41, 5.74) is 0. The van der Waals surface area contributed by atoms with Gasteiger partial charge >= 0.3 is 0 Å². The molecule has 1 saturated heterocycles. The number of amides is 1. The highest BCUT2D eigenvalue weighted by Crippen LogP contribution is 2.29. The number of aromatic amines is 1. The van der Waals surface area contributed by atoms with Gasteiger partial charge in [0.1, 0.15) is 5.82 Å². The minimum absolute atomic E-state index is 0.125. The normalized spacial score (nSPS) is 25.7. The average molecular weight is 333 g/mol. The van der Waals surface area contributed by atoms with Crippen molar-refractivity contribution in [1.29, 1.82) is 0 Å². The van der Waals surface area contributed by atoms with E-state index >= 15 is 0 Å². The van der Waals surface area contributed by atoms with Crippen molar-refractivity contribution < 1.29 is 4.79 Å². The molecule has 0 radical (unpaired) electrons. The molecule has 2 heterocycles. The van der Waals surface area contributed by atoms with Crippen molar-refractivity contribution in [3.8, 4) is 0 Å². The Balaban J connectivity index is 1.66. The summed E-state index contributed by atoms with van der Waals surface area (Å²) in [7, 11) is 0. The number of hydrogen-bond donors (Lipinski definition) is 2. The monoisotopic (exact) mass is 333 g/mol. The fourth-order valence-electron chi connectivity index (χ4n) is 3.93. The molecule has 24 heavy (non-hydrogen) atoms. The highest BCUT2D eigenvalue weighted by Gasteiger charge is 2.38. The van der Waals surface area contributed by atoms with Crippen molar-refractivity contribution in [3.63, 3.8) is 0 Å². The number of hydrogen-bond acceptors (Lipinski definition) is 4. The van der Waals surface area contributed by atoms with Gasteiger partial charge in [-0.1, -0.05) is 26.7 Å². The molecule has 2 atom stereocenters. The van der Waals surface area contributed by atoms with E-state index in [2.05, 4.69) is 39.2 Å². The number of carbonyl (C=O) groups excluding carboxylic acids is 1. The van der Waals surface area contributed by atoms with Gasteiger partial charge in [0, 0.05) is 19.0 Å². The summed E-state index contributed by atoms with van der Waals surface area (Å²) < 4.78 is 0. The van der Waals surface area contributed by atoms with E-state index in [-0.39, 0.29) is 23.8 Å². The van der Waals surface area contributed by atoms with Crippen LogP contribution in [0.3, 0.4) is 0 Å². The number of H-pyrrole nitrogens is 1. The molecule has 1 aromatic rings. The number of rotatable bonds is 6. The Hall–Kier alpha value is -1.43. The van der Waals surface area contributed by atoms with Gasteiger partial charge in [-0.2, -0.15) is 5.10 Å². The molecule has 1 aliphatic carbocycles. The molecule has 6 heteroatoms. The molecule has 1 aliphatic heterocycles. The average Bonchev–Trinajstić information content (AvgIpc) is 3.25. The predicted octanol–water partition coefficient (Wildman–Crippen LogP) is 2.23. The van der Waals surface area contributed by atoms with Crippen LogP contribution in [-0.4, -0.2) is 51.7 Å². The first-order chi connectivity index (χ1) is 11.5. The smallest absolute Gasteiger partial charge is 0.223 e. The largest absolute Gasteiger partial charge is 0.351 e. The van der Waals surface area contributed by atoms with Gasteiger partial charge in [-0.15, -0.1) is 0 Å². The van der Waals surface area contributed by atoms with Crippen LogP contribution in [0.25, 0.3) is 0 Å². The maximum Gasteiger partial charge on any atom is 0.223 e. The van der Waals surface area contributed by atoms with Crippen LogP contribution in [0.15, 0.2) is 0 Å². The minimum atomic E-state index is 0.125. The van der Waals surface area contributed by atoms with Gasteiger partial charge < -0.3 is 10.2 Å². The van der Waals surface area contributed by atoms with Crippen molar-refractivity contribution in [3.05, 3.63) is 11.6 Å². The molecule has 0 unspecified atom stereocenters. The first-order valence-electron chi connectivity index (χ1n) is 9.44. The molecular formula is C18H31N5O. The summed E-state index contributed by atoms with van der Waals surface area (Å²) in [6.45, 7) is 9.35. The summed E-state index contributed by atoms with van der Waals surface area (Å²) in [4.78, 5) is 19.6. The quantitative estimate of drug-likeness (QED) is 0.837. The highest BCUT2D eigenvalue weighted by atomic mass is 16.2. The molecule has 134 valence electrons. The lowest BCUT2D eigenvalue weighted by atomic mass is 10.0. The summed E-state index contributed by atoms with van der Waals surface area (Å²) >= 11 is 0. The highest BCUT2D eigenvalue weighted by molar-refractivity contribution is 5.79. The van der Waals surface area contributed by atoms with Crippen molar-refractivity contribution >= 4 is 5.91 Å². The van der Waals surface area contributed by atoms with Crippen LogP contribution in [0.2, 0.25) is 0 Å². The first kappa shape index (κ1) is 17.4. The first-order valence-corrected chi connectivity index (χ1v) is 9.44. The van der Waals surface area contributed by atoms with Crippen LogP contribution in [-0.2, 0) is 4.79 Å². The topological polar surface area (TPSA) is 73.9 Å². The molecule has 6 nitrogen and oxygen atoms in total. The maximum atomic E-state index is 12.6. The lowest BCUT2D eigenvalue weighted by Gasteiger charge is -2.20. The molecule has 0 spiro atoms. The number of carbonyl (C=O) groups is 1. The molecule has 0 bridgehead atoms. The minimum Gasteiger partial charge on any atom is -0.351 e. The van der Waals surface area contributed by atoms with E-state index in [4.69, 9.17) is 0 Å². The predicted molar refractivity (Wildman–Crippen MR) is 93.6 cm³/mol. The van der Waals surface area contributed by atoms with Gasteiger partial charge in [-0.05, 0) is 38.6 Å². The van der Waals surface area contributed by atoms with Crippen molar-refractivity contribution in [2.75, 3.05) is 19.6 Å². The standard InChI is InChI=1S/C18H31N5O/c1-12(2)8-9-23-10-15(17-19-13(3)21-22-17)16(11-23)20-18(24)14-6-4-5-7-14/h12,14-16H,4-11H2,1-3H3,(H,20,24)(H,19,21,22)/t15-,16-/m1/s1. The van der Waals surface area contributed by atoms with Crippen LogP contribution in [0.4, 0.5) is 0 Å². The second kappa shape index (κ2) is 7.64. The van der Waals surface area contributed by atoms with Crippen LogP contribution in [0.5, 0.6) is 0 Å². The maximum absolute atomic E-state index is 12.6. The van der Waals surface area contributed by atoms with Gasteiger partial charge in [0.2, 0.25) is 5.91 Å². The van der Waals surface area contributed by atoms with Gasteiger partial charge in [0.15, 0.2) is 5.82 Å². The number of aryl methyl sites for hydroxylation is 1. The lowest BCUT2D eigenvalue weighted by molar-refractivity contribution is -0.125. The van der Waals surface area contributed by atoms with Crippen molar-refractivity contribution in [2.24, 2.45) is 11.8 Å². The second-order valence-corrected chi connectivity index (χ2v) is 7.92. The van der Waals surface area contributed by atoms with E-state index in [9.17, 15) is 4.79 Å². The number of nitrogens with one attached hydrogen (secondary N) is 2. The Kier molecular flexibility index (Phi) is 5.54. The summed E-state index contributed by atoms with van der Waals surface area (Å²) in [6, 6.07) is 0.125. The molecule has 2 N–H and O–H groups in total. The Morgan fingerprint density at radius 1 is 1.33 bits per heavy atom. The van der Waals surface area contributed by atoms with Gasteiger partial charge in [0.05, 0.1) is 12.0 Å². The molecule has 1 amide bonds. The fourth-order valence-corrected chi connectivity index (χ4v) is 3.93.